The minimum absolute atomic E-state index is 0.0683. The minimum atomic E-state index is -0.359. The molecule has 1 atom stereocenters. The van der Waals surface area contributed by atoms with E-state index in [1.54, 1.807) is 11.8 Å². The zero-order chi connectivity index (χ0) is 14.5. The molecule has 1 unspecified atom stereocenters. The molecule has 1 aliphatic carbocycles. The van der Waals surface area contributed by atoms with Crippen LogP contribution in [0.2, 0.25) is 0 Å². The Hall–Kier alpha value is -1.10. The van der Waals surface area contributed by atoms with Crippen molar-refractivity contribution in [1.29, 1.82) is 0 Å². The van der Waals surface area contributed by atoms with Crippen LogP contribution in [0.3, 0.4) is 0 Å². The predicted molar refractivity (Wildman–Crippen MR) is 78.0 cm³/mol. The van der Waals surface area contributed by atoms with Crippen LogP contribution in [-0.2, 0) is 9.59 Å². The molecule has 1 saturated heterocycles. The fourth-order valence-electron chi connectivity index (χ4n) is 3.36. The van der Waals surface area contributed by atoms with Gasteiger partial charge in [-0.25, -0.2) is 0 Å². The van der Waals surface area contributed by atoms with Crippen LogP contribution in [0.4, 0.5) is 0 Å². The molecular formula is C15H27N3O2. The van der Waals surface area contributed by atoms with Crippen LogP contribution < -0.4 is 5.73 Å². The molecule has 0 radical (unpaired) electrons. The van der Waals surface area contributed by atoms with E-state index in [2.05, 4.69) is 0 Å². The van der Waals surface area contributed by atoms with Gasteiger partial charge >= 0.3 is 0 Å². The van der Waals surface area contributed by atoms with Crippen LogP contribution in [0, 0.1) is 5.92 Å². The highest BCUT2D eigenvalue weighted by molar-refractivity contribution is 5.82. The highest BCUT2D eigenvalue weighted by Crippen LogP contribution is 2.27. The molecule has 20 heavy (non-hydrogen) atoms. The second-order valence-corrected chi connectivity index (χ2v) is 6.18. The molecule has 2 fully saturated rings. The Labute approximate surface area is 121 Å². The van der Waals surface area contributed by atoms with E-state index in [4.69, 9.17) is 5.73 Å². The number of hydrogen-bond acceptors (Lipinski definition) is 3. The SMILES string of the molecule is CC(=O)N1CCN(C(=O)C(N)CC2CCCCC2)CC1. The zero-order valence-electron chi connectivity index (χ0n) is 12.5. The lowest BCUT2D eigenvalue weighted by Gasteiger charge is -2.36. The van der Waals surface area contributed by atoms with Gasteiger partial charge in [-0.15, -0.1) is 0 Å². The first-order valence-electron chi connectivity index (χ1n) is 7.88. The summed E-state index contributed by atoms with van der Waals surface area (Å²) in [6, 6.07) is -0.359. The maximum atomic E-state index is 12.3. The summed E-state index contributed by atoms with van der Waals surface area (Å²) >= 11 is 0. The molecule has 1 aliphatic heterocycles. The van der Waals surface area contributed by atoms with Gasteiger partial charge in [0.15, 0.2) is 0 Å². The quantitative estimate of drug-likeness (QED) is 0.838. The van der Waals surface area contributed by atoms with Crippen LogP contribution in [0.1, 0.15) is 45.4 Å². The summed E-state index contributed by atoms with van der Waals surface area (Å²) in [7, 11) is 0. The number of piperazine rings is 1. The van der Waals surface area contributed by atoms with Crippen molar-refractivity contribution in [2.24, 2.45) is 11.7 Å². The number of nitrogens with zero attached hydrogens (tertiary/aromatic N) is 2. The number of carbonyl (C=O) groups excluding carboxylic acids is 2. The lowest BCUT2D eigenvalue weighted by atomic mass is 9.84. The van der Waals surface area contributed by atoms with E-state index < -0.39 is 0 Å². The van der Waals surface area contributed by atoms with Crippen LogP contribution in [0.25, 0.3) is 0 Å². The molecule has 0 spiro atoms. The Morgan fingerprint density at radius 2 is 1.60 bits per heavy atom. The van der Waals surface area contributed by atoms with Gasteiger partial charge in [0.05, 0.1) is 6.04 Å². The lowest BCUT2D eigenvalue weighted by Crippen LogP contribution is -2.54. The van der Waals surface area contributed by atoms with Crippen molar-refractivity contribution in [2.45, 2.75) is 51.5 Å². The van der Waals surface area contributed by atoms with Crippen molar-refractivity contribution in [3.63, 3.8) is 0 Å². The maximum Gasteiger partial charge on any atom is 0.239 e. The van der Waals surface area contributed by atoms with Gasteiger partial charge in [0, 0.05) is 33.1 Å². The molecule has 5 heteroatoms. The summed E-state index contributed by atoms with van der Waals surface area (Å²) < 4.78 is 0. The van der Waals surface area contributed by atoms with Gasteiger partial charge in [0.1, 0.15) is 0 Å². The first kappa shape index (κ1) is 15.3. The first-order chi connectivity index (χ1) is 9.58. The summed E-state index contributed by atoms with van der Waals surface area (Å²) in [5, 5.41) is 0. The fourth-order valence-corrected chi connectivity index (χ4v) is 3.36. The van der Waals surface area contributed by atoms with Gasteiger partial charge in [-0.1, -0.05) is 32.1 Å². The van der Waals surface area contributed by atoms with Gasteiger partial charge in [0.25, 0.3) is 0 Å². The summed E-state index contributed by atoms with van der Waals surface area (Å²) in [6.45, 7) is 4.09. The van der Waals surface area contributed by atoms with Crippen LogP contribution in [-0.4, -0.2) is 53.8 Å². The van der Waals surface area contributed by atoms with Gasteiger partial charge in [-0.3, -0.25) is 9.59 Å². The Balaban J connectivity index is 1.77. The summed E-state index contributed by atoms with van der Waals surface area (Å²) in [5.41, 5.74) is 6.10. The largest absolute Gasteiger partial charge is 0.339 e. The highest BCUT2D eigenvalue weighted by Gasteiger charge is 2.28. The van der Waals surface area contributed by atoms with E-state index in [-0.39, 0.29) is 17.9 Å². The number of hydrogen-bond donors (Lipinski definition) is 1. The molecule has 0 bridgehead atoms. The van der Waals surface area contributed by atoms with Crippen molar-refractivity contribution in [3.8, 4) is 0 Å². The summed E-state index contributed by atoms with van der Waals surface area (Å²) in [6.07, 6.45) is 7.16. The van der Waals surface area contributed by atoms with Crippen molar-refractivity contribution < 1.29 is 9.59 Å². The van der Waals surface area contributed by atoms with E-state index in [1.807, 2.05) is 4.90 Å². The summed E-state index contributed by atoms with van der Waals surface area (Å²) in [5.74, 6) is 0.781. The lowest BCUT2D eigenvalue weighted by molar-refractivity contribution is -0.139. The molecule has 1 saturated carbocycles. The van der Waals surface area contributed by atoms with E-state index >= 15 is 0 Å². The Morgan fingerprint density at radius 1 is 1.05 bits per heavy atom. The molecule has 2 N–H and O–H groups in total. The first-order valence-corrected chi connectivity index (χ1v) is 7.88. The average Bonchev–Trinajstić information content (AvgIpc) is 2.47. The van der Waals surface area contributed by atoms with Crippen LogP contribution >= 0.6 is 0 Å². The average molecular weight is 281 g/mol. The second kappa shape index (κ2) is 7.07. The molecule has 0 aromatic rings. The molecule has 5 nitrogen and oxygen atoms in total. The molecule has 2 amide bonds. The molecule has 0 aromatic carbocycles. The molecule has 0 aromatic heterocycles. The van der Waals surface area contributed by atoms with E-state index in [9.17, 15) is 9.59 Å². The van der Waals surface area contributed by atoms with E-state index in [0.29, 0.717) is 32.1 Å². The Kier molecular flexibility index (Phi) is 5.40. The second-order valence-electron chi connectivity index (χ2n) is 6.18. The van der Waals surface area contributed by atoms with Crippen molar-refractivity contribution in [1.82, 2.24) is 9.80 Å². The van der Waals surface area contributed by atoms with Crippen LogP contribution in [0.5, 0.6) is 0 Å². The van der Waals surface area contributed by atoms with Gasteiger partial charge in [-0.05, 0) is 12.3 Å². The minimum Gasteiger partial charge on any atom is -0.339 e. The third-order valence-corrected chi connectivity index (χ3v) is 4.67. The Bertz CT molecular complexity index is 345. The smallest absolute Gasteiger partial charge is 0.239 e. The standard InChI is InChI=1S/C15H27N3O2/c1-12(19)17-7-9-18(10-8-17)15(20)14(16)11-13-5-3-2-4-6-13/h13-14H,2-11,16H2,1H3. The highest BCUT2D eigenvalue weighted by atomic mass is 16.2. The van der Waals surface area contributed by atoms with Gasteiger partial charge in [0.2, 0.25) is 11.8 Å². The van der Waals surface area contributed by atoms with Crippen LogP contribution in [0.15, 0.2) is 0 Å². The molecular weight excluding hydrogens is 254 g/mol. The van der Waals surface area contributed by atoms with Gasteiger partial charge in [-0.2, -0.15) is 0 Å². The normalized spacial score (nSPS) is 22.7. The number of amides is 2. The summed E-state index contributed by atoms with van der Waals surface area (Å²) in [4.78, 5) is 27.2. The fraction of sp³-hybridized carbons (Fsp3) is 0.867. The van der Waals surface area contributed by atoms with Crippen molar-refractivity contribution >= 4 is 11.8 Å². The number of rotatable bonds is 3. The maximum absolute atomic E-state index is 12.3. The van der Waals surface area contributed by atoms with Crippen molar-refractivity contribution in [3.05, 3.63) is 0 Å². The number of nitrogens with two attached hydrogens (primary N) is 1. The topological polar surface area (TPSA) is 66.6 Å². The molecule has 114 valence electrons. The van der Waals surface area contributed by atoms with E-state index in [0.717, 1.165) is 6.42 Å². The molecule has 2 aliphatic rings. The molecule has 1 heterocycles. The monoisotopic (exact) mass is 281 g/mol. The number of carbonyl (C=O) groups is 2. The third-order valence-electron chi connectivity index (χ3n) is 4.67. The predicted octanol–water partition coefficient (Wildman–Crippen LogP) is 0.975. The van der Waals surface area contributed by atoms with Gasteiger partial charge < -0.3 is 15.5 Å². The molecule has 2 rings (SSSR count). The van der Waals surface area contributed by atoms with Crippen molar-refractivity contribution in [2.75, 3.05) is 26.2 Å². The third kappa shape index (κ3) is 3.95. The zero-order valence-corrected chi connectivity index (χ0v) is 12.5. The Morgan fingerprint density at radius 3 is 2.15 bits per heavy atom. The van der Waals surface area contributed by atoms with E-state index in [1.165, 1.54) is 32.1 Å².